The number of carbonyl (C=O) groups is 2. The van der Waals surface area contributed by atoms with Gasteiger partial charge in [0.25, 0.3) is 0 Å². The summed E-state index contributed by atoms with van der Waals surface area (Å²) in [4.78, 5) is 21.8. The van der Waals surface area contributed by atoms with Crippen LogP contribution in [0.25, 0.3) is 0 Å². The van der Waals surface area contributed by atoms with Gasteiger partial charge in [0.05, 0.1) is 0 Å². The molecule has 1 amide bonds. The first-order chi connectivity index (χ1) is 8.43. The molecule has 1 aromatic rings. The Labute approximate surface area is 106 Å². The van der Waals surface area contributed by atoms with Crippen LogP contribution in [0.15, 0.2) is 18.2 Å². The van der Waals surface area contributed by atoms with E-state index in [-0.39, 0.29) is 5.91 Å². The summed E-state index contributed by atoms with van der Waals surface area (Å²) in [6.45, 7) is 3.30. The van der Waals surface area contributed by atoms with Crippen molar-refractivity contribution in [2.45, 2.75) is 26.4 Å². The Kier molecular flexibility index (Phi) is 4.85. The Bertz CT molecular complexity index is 456. The molecule has 1 rings (SSSR count). The van der Waals surface area contributed by atoms with Gasteiger partial charge in [0, 0.05) is 26.1 Å². The maximum absolute atomic E-state index is 11.0. The third kappa shape index (κ3) is 3.85. The van der Waals surface area contributed by atoms with Crippen LogP contribution in [0.5, 0.6) is 0 Å². The SMILES string of the molecule is COC(Cc1ccc(NC(C)=O)c(C)c1)C(=O)O. The van der Waals surface area contributed by atoms with Crippen molar-refractivity contribution in [3.8, 4) is 0 Å². The van der Waals surface area contributed by atoms with Crippen molar-refractivity contribution in [3.05, 3.63) is 29.3 Å². The average Bonchev–Trinajstić information content (AvgIpc) is 2.28. The Balaban J connectivity index is 2.84. The number of hydrogen-bond donors (Lipinski definition) is 2. The summed E-state index contributed by atoms with van der Waals surface area (Å²) >= 11 is 0. The van der Waals surface area contributed by atoms with Gasteiger partial charge in [0.2, 0.25) is 5.91 Å². The predicted molar refractivity (Wildman–Crippen MR) is 67.6 cm³/mol. The maximum Gasteiger partial charge on any atom is 0.333 e. The molecule has 0 bridgehead atoms. The number of nitrogens with one attached hydrogen (secondary N) is 1. The maximum atomic E-state index is 11.0. The first kappa shape index (κ1) is 14.2. The molecule has 1 aromatic carbocycles. The number of carboxylic acids is 1. The number of hydrogen-bond acceptors (Lipinski definition) is 3. The molecule has 0 heterocycles. The van der Waals surface area contributed by atoms with Crippen LogP contribution in [0.1, 0.15) is 18.1 Å². The molecule has 5 heteroatoms. The van der Waals surface area contributed by atoms with Crippen LogP contribution in [-0.2, 0) is 20.7 Å². The highest BCUT2D eigenvalue weighted by Gasteiger charge is 2.17. The lowest BCUT2D eigenvalue weighted by molar-refractivity contribution is -0.148. The number of carboxylic acid groups (broad SMARTS) is 1. The molecule has 18 heavy (non-hydrogen) atoms. The van der Waals surface area contributed by atoms with Gasteiger partial charge in [-0.2, -0.15) is 0 Å². The zero-order valence-corrected chi connectivity index (χ0v) is 10.7. The van der Waals surface area contributed by atoms with Crippen LogP contribution in [0, 0.1) is 6.92 Å². The lowest BCUT2D eigenvalue weighted by atomic mass is 10.0. The number of ether oxygens (including phenoxy) is 1. The van der Waals surface area contributed by atoms with Gasteiger partial charge in [-0.1, -0.05) is 12.1 Å². The van der Waals surface area contributed by atoms with Gasteiger partial charge < -0.3 is 15.2 Å². The second-order valence-electron chi connectivity index (χ2n) is 4.10. The first-order valence-electron chi connectivity index (χ1n) is 5.56. The molecule has 0 saturated carbocycles. The number of aliphatic carboxylic acids is 1. The van der Waals surface area contributed by atoms with E-state index in [1.165, 1.54) is 14.0 Å². The number of benzene rings is 1. The standard InChI is InChI=1S/C13H17NO4/c1-8-6-10(7-12(18-3)13(16)17)4-5-11(8)14-9(2)15/h4-6,12H,7H2,1-3H3,(H,14,15)(H,16,17). The van der Waals surface area contributed by atoms with Crippen molar-refractivity contribution in [2.24, 2.45) is 0 Å². The van der Waals surface area contributed by atoms with E-state index in [0.29, 0.717) is 6.42 Å². The first-order valence-corrected chi connectivity index (χ1v) is 5.56. The second kappa shape index (κ2) is 6.16. The van der Waals surface area contributed by atoms with E-state index in [2.05, 4.69) is 5.32 Å². The molecule has 0 fully saturated rings. The van der Waals surface area contributed by atoms with E-state index in [1.54, 1.807) is 12.1 Å². The predicted octanol–water partition coefficient (Wildman–Crippen LogP) is 1.60. The van der Waals surface area contributed by atoms with Crippen molar-refractivity contribution in [1.82, 2.24) is 0 Å². The average molecular weight is 251 g/mol. The van der Waals surface area contributed by atoms with Crippen molar-refractivity contribution in [1.29, 1.82) is 0 Å². The van der Waals surface area contributed by atoms with E-state index in [9.17, 15) is 9.59 Å². The molecule has 0 radical (unpaired) electrons. The molecule has 0 aromatic heterocycles. The summed E-state index contributed by atoms with van der Waals surface area (Å²) in [6.07, 6.45) is -0.552. The van der Waals surface area contributed by atoms with Crippen LogP contribution in [-0.4, -0.2) is 30.2 Å². The minimum Gasteiger partial charge on any atom is -0.479 e. The van der Waals surface area contributed by atoms with Crippen molar-refractivity contribution in [2.75, 3.05) is 12.4 Å². The minimum absolute atomic E-state index is 0.133. The third-order valence-electron chi connectivity index (χ3n) is 2.58. The Hall–Kier alpha value is -1.88. The van der Waals surface area contributed by atoms with E-state index < -0.39 is 12.1 Å². The highest BCUT2D eigenvalue weighted by Crippen LogP contribution is 2.18. The monoisotopic (exact) mass is 251 g/mol. The third-order valence-corrected chi connectivity index (χ3v) is 2.58. The largest absolute Gasteiger partial charge is 0.479 e. The number of anilines is 1. The Morgan fingerprint density at radius 1 is 1.44 bits per heavy atom. The molecule has 0 spiro atoms. The van der Waals surface area contributed by atoms with Crippen LogP contribution in [0.3, 0.4) is 0 Å². The fraction of sp³-hybridized carbons (Fsp3) is 0.385. The van der Waals surface area contributed by atoms with Gasteiger partial charge in [-0.25, -0.2) is 4.79 Å². The van der Waals surface area contributed by atoms with Gasteiger partial charge >= 0.3 is 5.97 Å². The van der Waals surface area contributed by atoms with Gasteiger partial charge in [0.1, 0.15) is 0 Å². The van der Waals surface area contributed by atoms with Crippen LogP contribution in [0.4, 0.5) is 5.69 Å². The zero-order valence-electron chi connectivity index (χ0n) is 10.7. The molecule has 98 valence electrons. The number of rotatable bonds is 5. The molecule has 0 aliphatic rings. The van der Waals surface area contributed by atoms with E-state index in [4.69, 9.17) is 9.84 Å². The summed E-state index contributed by atoms with van der Waals surface area (Å²) in [5, 5.41) is 11.6. The highest BCUT2D eigenvalue weighted by molar-refractivity contribution is 5.89. The molecule has 1 atom stereocenters. The topological polar surface area (TPSA) is 75.6 Å². The summed E-state index contributed by atoms with van der Waals surface area (Å²) in [7, 11) is 1.37. The van der Waals surface area contributed by atoms with Gasteiger partial charge in [-0.3, -0.25) is 4.79 Å². The van der Waals surface area contributed by atoms with Crippen LogP contribution >= 0.6 is 0 Å². The van der Waals surface area contributed by atoms with Crippen molar-refractivity contribution >= 4 is 17.6 Å². The lowest BCUT2D eigenvalue weighted by Crippen LogP contribution is -2.24. The Morgan fingerprint density at radius 2 is 2.11 bits per heavy atom. The van der Waals surface area contributed by atoms with Gasteiger partial charge in [0.15, 0.2) is 6.10 Å². The van der Waals surface area contributed by atoms with E-state index >= 15 is 0 Å². The molecule has 0 aliphatic carbocycles. The molecule has 0 aliphatic heterocycles. The molecular formula is C13H17NO4. The zero-order chi connectivity index (χ0) is 13.7. The lowest BCUT2D eigenvalue weighted by Gasteiger charge is -2.12. The van der Waals surface area contributed by atoms with Crippen molar-refractivity contribution in [3.63, 3.8) is 0 Å². The molecule has 2 N–H and O–H groups in total. The van der Waals surface area contributed by atoms with Gasteiger partial charge in [-0.15, -0.1) is 0 Å². The molecular weight excluding hydrogens is 234 g/mol. The Morgan fingerprint density at radius 3 is 2.56 bits per heavy atom. The smallest absolute Gasteiger partial charge is 0.333 e. The van der Waals surface area contributed by atoms with E-state index in [1.807, 2.05) is 13.0 Å². The van der Waals surface area contributed by atoms with Crippen molar-refractivity contribution < 1.29 is 19.4 Å². The van der Waals surface area contributed by atoms with Crippen LogP contribution in [0.2, 0.25) is 0 Å². The number of carbonyl (C=O) groups excluding carboxylic acids is 1. The summed E-state index contributed by atoms with van der Waals surface area (Å²) in [5.74, 6) is -1.12. The fourth-order valence-electron chi connectivity index (χ4n) is 1.67. The fourth-order valence-corrected chi connectivity index (χ4v) is 1.67. The molecule has 1 unspecified atom stereocenters. The highest BCUT2D eigenvalue weighted by atomic mass is 16.5. The minimum atomic E-state index is -0.985. The molecule has 0 saturated heterocycles. The normalized spacial score (nSPS) is 11.9. The molecule has 5 nitrogen and oxygen atoms in total. The quantitative estimate of drug-likeness (QED) is 0.833. The van der Waals surface area contributed by atoms with Gasteiger partial charge in [-0.05, 0) is 24.1 Å². The number of aryl methyl sites for hydroxylation is 1. The van der Waals surface area contributed by atoms with Crippen LogP contribution < -0.4 is 5.32 Å². The summed E-state index contributed by atoms with van der Waals surface area (Å²) < 4.78 is 4.88. The number of amides is 1. The number of methoxy groups -OCH3 is 1. The second-order valence-corrected chi connectivity index (χ2v) is 4.10. The summed E-state index contributed by atoms with van der Waals surface area (Å²) in [5.41, 5.74) is 2.48. The van der Waals surface area contributed by atoms with E-state index in [0.717, 1.165) is 16.8 Å². The summed E-state index contributed by atoms with van der Waals surface area (Å²) in [6, 6.07) is 5.40.